The molecule has 0 unspecified atom stereocenters. The number of amides is 1. The van der Waals surface area contributed by atoms with Gasteiger partial charge in [-0.05, 0) is 58.8 Å². The average molecular weight is 403 g/mol. The maximum atomic E-state index is 13.2. The van der Waals surface area contributed by atoms with Crippen LogP contribution in [0.5, 0.6) is 0 Å². The van der Waals surface area contributed by atoms with Crippen molar-refractivity contribution >= 4 is 17.2 Å². The molecule has 0 spiro atoms. The van der Waals surface area contributed by atoms with Crippen LogP contribution < -0.4 is 0 Å². The maximum Gasteiger partial charge on any atom is 0.254 e. The number of hydrogen-bond acceptors (Lipinski definition) is 6. The van der Waals surface area contributed by atoms with E-state index in [1.54, 1.807) is 11.3 Å². The van der Waals surface area contributed by atoms with Gasteiger partial charge in [-0.25, -0.2) is 0 Å². The first-order valence-corrected chi connectivity index (χ1v) is 11.0. The summed E-state index contributed by atoms with van der Waals surface area (Å²) < 4.78 is 5.31. The molecule has 0 saturated carbocycles. The van der Waals surface area contributed by atoms with Crippen LogP contribution in [0, 0.1) is 13.8 Å². The first-order chi connectivity index (χ1) is 13.4. The zero-order valence-electron chi connectivity index (χ0n) is 17.3. The predicted molar refractivity (Wildman–Crippen MR) is 111 cm³/mol. The lowest BCUT2D eigenvalue weighted by atomic mass is 9.99. The van der Waals surface area contributed by atoms with Crippen molar-refractivity contribution in [2.24, 2.45) is 0 Å². The lowest BCUT2D eigenvalue weighted by Crippen LogP contribution is -2.44. The SMILES string of the molecule is Cc1noc(C)c1CN1CCc2c(C(=O)N(C)C3CCN(C)CC3)csc2C1. The topological polar surface area (TPSA) is 52.8 Å². The van der Waals surface area contributed by atoms with Gasteiger partial charge in [0.2, 0.25) is 0 Å². The lowest BCUT2D eigenvalue weighted by Gasteiger charge is -2.35. The van der Waals surface area contributed by atoms with Crippen molar-refractivity contribution in [3.05, 3.63) is 38.4 Å². The van der Waals surface area contributed by atoms with E-state index < -0.39 is 0 Å². The highest BCUT2D eigenvalue weighted by Crippen LogP contribution is 2.31. The molecule has 2 aromatic rings. The minimum Gasteiger partial charge on any atom is -0.361 e. The molecule has 7 heteroatoms. The maximum absolute atomic E-state index is 13.2. The Balaban J connectivity index is 1.44. The van der Waals surface area contributed by atoms with Crippen molar-refractivity contribution in [1.82, 2.24) is 19.9 Å². The molecule has 0 N–H and O–H groups in total. The lowest BCUT2D eigenvalue weighted by molar-refractivity contribution is 0.0658. The van der Waals surface area contributed by atoms with Gasteiger partial charge in [0.25, 0.3) is 5.91 Å². The van der Waals surface area contributed by atoms with Crippen molar-refractivity contribution in [3.63, 3.8) is 0 Å². The van der Waals surface area contributed by atoms with Gasteiger partial charge < -0.3 is 14.3 Å². The molecule has 4 heterocycles. The molecule has 0 atom stereocenters. The number of hydrogen-bond donors (Lipinski definition) is 0. The smallest absolute Gasteiger partial charge is 0.254 e. The van der Waals surface area contributed by atoms with Crippen LogP contribution in [0.2, 0.25) is 0 Å². The highest BCUT2D eigenvalue weighted by atomic mass is 32.1. The summed E-state index contributed by atoms with van der Waals surface area (Å²) in [7, 11) is 4.14. The molecule has 0 radical (unpaired) electrons. The van der Waals surface area contributed by atoms with E-state index in [4.69, 9.17) is 4.52 Å². The van der Waals surface area contributed by atoms with Crippen LogP contribution in [0.15, 0.2) is 9.90 Å². The zero-order valence-corrected chi connectivity index (χ0v) is 18.1. The summed E-state index contributed by atoms with van der Waals surface area (Å²) >= 11 is 1.73. The summed E-state index contributed by atoms with van der Waals surface area (Å²) in [5.74, 6) is 1.11. The monoisotopic (exact) mass is 402 g/mol. The molecule has 0 aliphatic carbocycles. The molecule has 2 aliphatic heterocycles. The van der Waals surface area contributed by atoms with Gasteiger partial charge in [0, 0.05) is 48.5 Å². The van der Waals surface area contributed by atoms with Crippen molar-refractivity contribution in [1.29, 1.82) is 0 Å². The fourth-order valence-corrected chi connectivity index (χ4v) is 5.50. The Morgan fingerprint density at radius 2 is 2.07 bits per heavy atom. The second kappa shape index (κ2) is 7.97. The minimum atomic E-state index is 0.200. The highest BCUT2D eigenvalue weighted by Gasteiger charge is 2.29. The normalized spacial score (nSPS) is 19.0. The summed E-state index contributed by atoms with van der Waals surface area (Å²) in [6, 6.07) is 0.360. The first-order valence-electron chi connectivity index (χ1n) is 10.1. The summed E-state index contributed by atoms with van der Waals surface area (Å²) in [5.41, 5.74) is 4.37. The molecule has 1 amide bonds. The molecule has 28 heavy (non-hydrogen) atoms. The molecule has 1 fully saturated rings. The first kappa shape index (κ1) is 19.6. The van der Waals surface area contributed by atoms with Gasteiger partial charge in [-0.3, -0.25) is 9.69 Å². The van der Waals surface area contributed by atoms with Crippen LogP contribution >= 0.6 is 11.3 Å². The minimum absolute atomic E-state index is 0.200. The molecule has 2 aromatic heterocycles. The van der Waals surface area contributed by atoms with E-state index in [1.807, 2.05) is 25.8 Å². The summed E-state index contributed by atoms with van der Waals surface area (Å²) in [5, 5.41) is 6.15. The Hall–Kier alpha value is -1.70. The Labute approximate surface area is 171 Å². The zero-order chi connectivity index (χ0) is 19.8. The average Bonchev–Trinajstić information content (AvgIpc) is 3.25. The highest BCUT2D eigenvalue weighted by molar-refractivity contribution is 7.10. The molecular weight excluding hydrogens is 372 g/mol. The van der Waals surface area contributed by atoms with E-state index >= 15 is 0 Å². The molecule has 4 rings (SSSR count). The van der Waals surface area contributed by atoms with Crippen molar-refractivity contribution in [2.75, 3.05) is 33.7 Å². The van der Waals surface area contributed by atoms with Crippen LogP contribution in [0.3, 0.4) is 0 Å². The van der Waals surface area contributed by atoms with E-state index in [0.29, 0.717) is 6.04 Å². The Morgan fingerprint density at radius 3 is 2.75 bits per heavy atom. The molecular formula is C21H30N4O2S. The predicted octanol–water partition coefficient (Wildman–Crippen LogP) is 3.08. The van der Waals surface area contributed by atoms with E-state index in [0.717, 1.165) is 69.0 Å². The van der Waals surface area contributed by atoms with E-state index in [2.05, 4.69) is 27.4 Å². The molecule has 0 aromatic carbocycles. The fourth-order valence-electron chi connectivity index (χ4n) is 4.39. The number of carbonyl (C=O) groups is 1. The van der Waals surface area contributed by atoms with Gasteiger partial charge in [-0.2, -0.15) is 0 Å². The molecule has 6 nitrogen and oxygen atoms in total. The summed E-state index contributed by atoms with van der Waals surface area (Å²) in [4.78, 5) is 21.3. The Morgan fingerprint density at radius 1 is 1.32 bits per heavy atom. The van der Waals surface area contributed by atoms with Gasteiger partial charge >= 0.3 is 0 Å². The number of piperidine rings is 1. The second-order valence-electron chi connectivity index (χ2n) is 8.26. The largest absolute Gasteiger partial charge is 0.361 e. The number of likely N-dealkylation sites (tertiary alicyclic amines) is 1. The number of fused-ring (bicyclic) bond motifs is 1. The number of carbonyl (C=O) groups excluding carboxylic acids is 1. The van der Waals surface area contributed by atoms with Crippen LogP contribution in [0.25, 0.3) is 0 Å². The quantitative estimate of drug-likeness (QED) is 0.787. The Bertz CT molecular complexity index is 831. The molecule has 1 saturated heterocycles. The number of rotatable bonds is 4. The van der Waals surface area contributed by atoms with Crippen LogP contribution in [0.4, 0.5) is 0 Å². The van der Waals surface area contributed by atoms with E-state index in [-0.39, 0.29) is 5.91 Å². The number of thiophene rings is 1. The van der Waals surface area contributed by atoms with Gasteiger partial charge in [-0.1, -0.05) is 5.16 Å². The third-order valence-corrected chi connectivity index (χ3v) is 7.39. The van der Waals surface area contributed by atoms with Crippen molar-refractivity contribution < 1.29 is 9.32 Å². The fraction of sp³-hybridized carbons (Fsp3) is 0.619. The van der Waals surface area contributed by atoms with Gasteiger partial charge in [-0.15, -0.1) is 11.3 Å². The van der Waals surface area contributed by atoms with Crippen LogP contribution in [0.1, 0.15) is 50.7 Å². The van der Waals surface area contributed by atoms with Crippen molar-refractivity contribution in [2.45, 2.75) is 52.2 Å². The van der Waals surface area contributed by atoms with E-state index in [1.165, 1.54) is 16.0 Å². The van der Waals surface area contributed by atoms with Crippen LogP contribution in [-0.4, -0.2) is 65.5 Å². The molecule has 2 aliphatic rings. The van der Waals surface area contributed by atoms with Gasteiger partial charge in [0.05, 0.1) is 11.3 Å². The molecule has 0 bridgehead atoms. The van der Waals surface area contributed by atoms with Crippen molar-refractivity contribution in [3.8, 4) is 0 Å². The third kappa shape index (κ3) is 3.75. The number of aromatic nitrogens is 1. The second-order valence-corrected chi connectivity index (χ2v) is 9.23. The molecule has 152 valence electrons. The summed E-state index contributed by atoms with van der Waals surface area (Å²) in [6.07, 6.45) is 3.07. The van der Waals surface area contributed by atoms with Gasteiger partial charge in [0.1, 0.15) is 5.76 Å². The van der Waals surface area contributed by atoms with Gasteiger partial charge in [0.15, 0.2) is 0 Å². The number of nitrogens with zero attached hydrogens (tertiary/aromatic N) is 4. The standard InChI is InChI=1S/C21H30N4O2S/c1-14-18(15(2)27-22-14)11-25-10-7-17-19(13-28-20(17)12-25)21(26)24(4)16-5-8-23(3)9-6-16/h13,16H,5-12H2,1-4H3. The van der Waals surface area contributed by atoms with E-state index in [9.17, 15) is 4.79 Å². The summed E-state index contributed by atoms with van der Waals surface area (Å²) in [6.45, 7) is 8.84. The Kier molecular flexibility index (Phi) is 5.58. The third-order valence-electron chi connectivity index (χ3n) is 6.38. The number of aryl methyl sites for hydroxylation is 2. The van der Waals surface area contributed by atoms with Crippen LogP contribution in [-0.2, 0) is 19.5 Å².